The normalized spacial score (nSPS) is 19.8. The van der Waals surface area contributed by atoms with E-state index in [1.165, 1.54) is 12.3 Å². The largest absolute Gasteiger partial charge is 0.478 e. The van der Waals surface area contributed by atoms with Crippen LogP contribution in [0.4, 0.5) is 5.82 Å². The molecule has 1 aromatic heterocycles. The van der Waals surface area contributed by atoms with Gasteiger partial charge in [-0.2, -0.15) is 0 Å². The summed E-state index contributed by atoms with van der Waals surface area (Å²) in [5, 5.41) is 9.31. The molecule has 1 aliphatic rings. The predicted molar refractivity (Wildman–Crippen MR) is 75.1 cm³/mol. The second-order valence-corrected chi connectivity index (χ2v) is 5.45. The average Bonchev–Trinajstić information content (AvgIpc) is 2.38. The maximum Gasteiger partial charge on any atom is 0.337 e. The molecule has 5 nitrogen and oxygen atoms in total. The predicted octanol–water partition coefficient (Wildman–Crippen LogP) is 1.96. The van der Waals surface area contributed by atoms with Gasteiger partial charge in [0.2, 0.25) is 0 Å². The minimum absolute atomic E-state index is 0.120. The Bertz CT molecular complexity index is 479. The first kappa shape index (κ1) is 14.1. The van der Waals surface area contributed by atoms with Crippen LogP contribution in [-0.2, 0) is 0 Å². The Morgan fingerprint density at radius 2 is 2.32 bits per heavy atom. The number of aromatic carboxylic acids is 1. The minimum atomic E-state index is -1.01. The molecule has 0 amide bonds. The summed E-state index contributed by atoms with van der Waals surface area (Å²) in [4.78, 5) is 19.4. The van der Waals surface area contributed by atoms with Crippen molar-refractivity contribution in [3.8, 4) is 0 Å². The van der Waals surface area contributed by atoms with Crippen LogP contribution < -0.4 is 4.90 Å². The van der Waals surface area contributed by atoms with Crippen LogP contribution in [0, 0.1) is 0 Å². The SMILES string of the molecule is CN(C)C1CCCN(c2ncc(C(=O)O)cc2Cl)C1. The van der Waals surface area contributed by atoms with E-state index in [-0.39, 0.29) is 5.56 Å². The number of piperidine rings is 1. The van der Waals surface area contributed by atoms with Gasteiger partial charge in [0.15, 0.2) is 0 Å². The second-order valence-electron chi connectivity index (χ2n) is 5.04. The van der Waals surface area contributed by atoms with E-state index in [2.05, 4.69) is 28.9 Å². The molecule has 0 radical (unpaired) electrons. The number of aromatic nitrogens is 1. The quantitative estimate of drug-likeness (QED) is 0.919. The van der Waals surface area contributed by atoms with E-state index in [1.807, 2.05) is 0 Å². The van der Waals surface area contributed by atoms with Crippen molar-refractivity contribution in [1.29, 1.82) is 0 Å². The molecule has 1 N–H and O–H groups in total. The van der Waals surface area contributed by atoms with E-state index in [0.29, 0.717) is 16.9 Å². The molecule has 1 unspecified atom stereocenters. The van der Waals surface area contributed by atoms with Gasteiger partial charge in [-0.25, -0.2) is 9.78 Å². The molecule has 19 heavy (non-hydrogen) atoms. The van der Waals surface area contributed by atoms with Crippen molar-refractivity contribution in [2.75, 3.05) is 32.1 Å². The summed E-state index contributed by atoms with van der Waals surface area (Å²) >= 11 is 6.15. The van der Waals surface area contributed by atoms with E-state index < -0.39 is 5.97 Å². The first-order valence-electron chi connectivity index (χ1n) is 6.29. The number of halogens is 1. The number of carboxylic acid groups (broad SMARTS) is 1. The van der Waals surface area contributed by atoms with Crippen LogP contribution in [0.25, 0.3) is 0 Å². The van der Waals surface area contributed by atoms with E-state index in [1.54, 1.807) is 0 Å². The number of carboxylic acids is 1. The summed E-state index contributed by atoms with van der Waals surface area (Å²) in [5.74, 6) is -0.330. The van der Waals surface area contributed by atoms with Crippen molar-refractivity contribution >= 4 is 23.4 Å². The Morgan fingerprint density at radius 1 is 1.58 bits per heavy atom. The van der Waals surface area contributed by atoms with Gasteiger partial charge in [0.1, 0.15) is 5.82 Å². The highest BCUT2D eigenvalue weighted by Gasteiger charge is 2.24. The zero-order chi connectivity index (χ0) is 14.0. The maximum atomic E-state index is 10.9. The Balaban J connectivity index is 2.19. The van der Waals surface area contributed by atoms with Crippen LogP contribution in [0.3, 0.4) is 0 Å². The fourth-order valence-corrected chi connectivity index (χ4v) is 2.63. The zero-order valence-corrected chi connectivity index (χ0v) is 11.9. The van der Waals surface area contributed by atoms with Gasteiger partial charge in [-0.1, -0.05) is 11.6 Å². The Morgan fingerprint density at radius 3 is 2.89 bits per heavy atom. The molecule has 104 valence electrons. The van der Waals surface area contributed by atoms with Gasteiger partial charge in [0.05, 0.1) is 10.6 Å². The highest BCUT2D eigenvalue weighted by atomic mass is 35.5. The molecule has 1 aliphatic heterocycles. The molecule has 0 aromatic carbocycles. The van der Waals surface area contributed by atoms with E-state index in [9.17, 15) is 4.79 Å². The van der Waals surface area contributed by atoms with Gasteiger partial charge in [-0.3, -0.25) is 0 Å². The number of nitrogens with zero attached hydrogens (tertiary/aromatic N) is 3. The van der Waals surface area contributed by atoms with Crippen LogP contribution >= 0.6 is 11.6 Å². The Kier molecular flexibility index (Phi) is 4.27. The summed E-state index contributed by atoms with van der Waals surface area (Å²) in [5.41, 5.74) is 0.120. The first-order chi connectivity index (χ1) is 8.99. The number of rotatable bonds is 3. The molecular weight excluding hydrogens is 266 g/mol. The maximum absolute atomic E-state index is 10.9. The highest BCUT2D eigenvalue weighted by molar-refractivity contribution is 6.33. The van der Waals surface area contributed by atoms with E-state index >= 15 is 0 Å². The third-order valence-corrected chi connectivity index (χ3v) is 3.77. The molecule has 2 rings (SSSR count). The van der Waals surface area contributed by atoms with Crippen molar-refractivity contribution in [2.45, 2.75) is 18.9 Å². The van der Waals surface area contributed by atoms with Gasteiger partial charge in [0.25, 0.3) is 0 Å². The average molecular weight is 284 g/mol. The zero-order valence-electron chi connectivity index (χ0n) is 11.1. The molecule has 0 aliphatic carbocycles. The van der Waals surface area contributed by atoms with Crippen molar-refractivity contribution in [2.24, 2.45) is 0 Å². The number of anilines is 1. The fraction of sp³-hybridized carbons (Fsp3) is 0.538. The molecule has 0 bridgehead atoms. The Hall–Kier alpha value is -1.33. The van der Waals surface area contributed by atoms with Crippen LogP contribution in [0.1, 0.15) is 23.2 Å². The molecule has 0 spiro atoms. The fourth-order valence-electron chi connectivity index (χ4n) is 2.35. The van der Waals surface area contributed by atoms with Gasteiger partial charge in [-0.05, 0) is 33.0 Å². The summed E-state index contributed by atoms with van der Waals surface area (Å²) < 4.78 is 0. The molecule has 0 saturated carbocycles. The topological polar surface area (TPSA) is 56.7 Å². The van der Waals surface area contributed by atoms with Crippen molar-refractivity contribution < 1.29 is 9.90 Å². The summed E-state index contributed by atoms with van der Waals surface area (Å²) in [7, 11) is 4.13. The molecule has 1 atom stereocenters. The molecular formula is C13H18ClN3O2. The van der Waals surface area contributed by atoms with Crippen LogP contribution in [0.5, 0.6) is 0 Å². The summed E-state index contributed by atoms with van der Waals surface area (Å²) in [6, 6.07) is 1.94. The Labute approximate surface area is 117 Å². The lowest BCUT2D eigenvalue weighted by molar-refractivity contribution is 0.0696. The first-order valence-corrected chi connectivity index (χ1v) is 6.67. The van der Waals surface area contributed by atoms with E-state index in [4.69, 9.17) is 16.7 Å². The second kappa shape index (κ2) is 5.75. The number of carbonyl (C=O) groups is 1. The summed E-state index contributed by atoms with van der Waals surface area (Å²) in [6.07, 6.45) is 3.61. The molecule has 6 heteroatoms. The van der Waals surface area contributed by atoms with Gasteiger partial charge in [0, 0.05) is 25.3 Å². The molecule has 2 heterocycles. The van der Waals surface area contributed by atoms with Crippen molar-refractivity contribution in [1.82, 2.24) is 9.88 Å². The van der Waals surface area contributed by atoms with Gasteiger partial charge < -0.3 is 14.9 Å². The van der Waals surface area contributed by atoms with Crippen LogP contribution in [0.2, 0.25) is 5.02 Å². The summed E-state index contributed by atoms with van der Waals surface area (Å²) in [6.45, 7) is 1.77. The highest BCUT2D eigenvalue weighted by Crippen LogP contribution is 2.27. The van der Waals surface area contributed by atoms with Crippen molar-refractivity contribution in [3.05, 3.63) is 22.8 Å². The van der Waals surface area contributed by atoms with E-state index in [0.717, 1.165) is 25.9 Å². The third kappa shape index (κ3) is 3.16. The third-order valence-electron chi connectivity index (χ3n) is 3.50. The lowest BCUT2D eigenvalue weighted by Crippen LogP contribution is -2.45. The molecule has 1 saturated heterocycles. The molecule has 1 fully saturated rings. The minimum Gasteiger partial charge on any atom is -0.478 e. The number of pyridine rings is 1. The lowest BCUT2D eigenvalue weighted by atomic mass is 10.0. The van der Waals surface area contributed by atoms with Gasteiger partial charge >= 0.3 is 5.97 Å². The number of hydrogen-bond acceptors (Lipinski definition) is 4. The van der Waals surface area contributed by atoms with Gasteiger partial charge in [-0.15, -0.1) is 0 Å². The number of hydrogen-bond donors (Lipinski definition) is 1. The lowest BCUT2D eigenvalue weighted by Gasteiger charge is -2.37. The number of likely N-dealkylation sites (N-methyl/N-ethyl adjacent to an activating group) is 1. The van der Waals surface area contributed by atoms with Crippen LogP contribution in [-0.4, -0.2) is 54.2 Å². The van der Waals surface area contributed by atoms with Crippen LogP contribution in [0.15, 0.2) is 12.3 Å². The smallest absolute Gasteiger partial charge is 0.337 e. The molecule has 1 aromatic rings. The van der Waals surface area contributed by atoms with Crippen molar-refractivity contribution in [3.63, 3.8) is 0 Å². The monoisotopic (exact) mass is 283 g/mol. The standard InChI is InChI=1S/C13H18ClN3O2/c1-16(2)10-4-3-5-17(8-10)12-11(14)6-9(7-15-12)13(18)19/h6-7,10H,3-5,8H2,1-2H3,(H,18,19).